The van der Waals surface area contributed by atoms with E-state index < -0.39 is 5.97 Å². The third-order valence-corrected chi connectivity index (χ3v) is 5.48. The molecule has 2 N–H and O–H groups in total. The number of aromatic carboxylic acids is 1. The fourth-order valence-electron chi connectivity index (χ4n) is 3.15. The summed E-state index contributed by atoms with van der Waals surface area (Å²) in [6.45, 7) is 5.60. The van der Waals surface area contributed by atoms with Crippen molar-refractivity contribution in [1.82, 2.24) is 0 Å². The molecule has 2 aromatic rings. The zero-order valence-electron chi connectivity index (χ0n) is 15.5. The summed E-state index contributed by atoms with van der Waals surface area (Å²) >= 11 is 7.04. The van der Waals surface area contributed by atoms with Crippen LogP contribution in [0.2, 0.25) is 0 Å². The molecule has 0 radical (unpaired) electrons. The monoisotopic (exact) mass is 512 g/mol. The number of anilines is 2. The summed E-state index contributed by atoms with van der Waals surface area (Å²) < 4.78 is 12.9. The molecule has 0 bridgehead atoms. The number of ether oxygens (including phenoxy) is 2. The number of carboxylic acid groups (broad SMARTS) is 1. The lowest BCUT2D eigenvalue weighted by molar-refractivity contribution is 0.0696. The van der Waals surface area contributed by atoms with Crippen molar-refractivity contribution in [2.45, 2.75) is 13.5 Å². The molecule has 0 unspecified atom stereocenters. The van der Waals surface area contributed by atoms with Gasteiger partial charge in [-0.15, -0.1) is 0 Å². The van der Waals surface area contributed by atoms with Crippen molar-refractivity contribution in [2.24, 2.45) is 0 Å². The summed E-state index contributed by atoms with van der Waals surface area (Å²) in [4.78, 5) is 13.9. The van der Waals surface area contributed by atoms with Crippen molar-refractivity contribution in [3.8, 4) is 5.75 Å². The van der Waals surface area contributed by atoms with E-state index in [9.17, 15) is 9.90 Å². The third kappa shape index (κ3) is 4.98. The minimum atomic E-state index is -0.939. The van der Waals surface area contributed by atoms with Gasteiger partial charge in [-0.25, -0.2) is 4.79 Å². The van der Waals surface area contributed by atoms with Crippen molar-refractivity contribution < 1.29 is 19.4 Å². The fraction of sp³-hybridized carbons (Fsp3) is 0.350. The van der Waals surface area contributed by atoms with Crippen LogP contribution >= 0.6 is 31.9 Å². The minimum absolute atomic E-state index is 0.285. The molecule has 1 heterocycles. The van der Waals surface area contributed by atoms with Gasteiger partial charge in [-0.05, 0) is 53.2 Å². The van der Waals surface area contributed by atoms with Gasteiger partial charge in [0.05, 0.1) is 35.5 Å². The quantitative estimate of drug-likeness (QED) is 0.556. The van der Waals surface area contributed by atoms with Crippen LogP contribution in [0.1, 0.15) is 22.8 Å². The Labute approximate surface area is 181 Å². The number of carboxylic acids is 1. The van der Waals surface area contributed by atoms with E-state index >= 15 is 0 Å². The molecule has 150 valence electrons. The Morgan fingerprint density at radius 3 is 2.68 bits per heavy atom. The minimum Gasteiger partial charge on any atom is -0.492 e. The molecule has 6 nitrogen and oxygen atoms in total. The molecule has 0 spiro atoms. The maximum atomic E-state index is 11.8. The Morgan fingerprint density at radius 2 is 2.00 bits per heavy atom. The summed E-state index contributed by atoms with van der Waals surface area (Å²) in [5.74, 6) is -0.160. The number of carbonyl (C=O) groups is 1. The number of nitrogens with zero attached hydrogens (tertiary/aromatic N) is 1. The smallest absolute Gasteiger partial charge is 0.337 e. The average molecular weight is 514 g/mol. The number of halogens is 2. The highest BCUT2D eigenvalue weighted by molar-refractivity contribution is 9.11. The summed E-state index contributed by atoms with van der Waals surface area (Å²) in [5, 5.41) is 13.0. The highest BCUT2D eigenvalue weighted by atomic mass is 79.9. The Morgan fingerprint density at radius 1 is 1.25 bits per heavy atom. The molecule has 0 aliphatic carbocycles. The van der Waals surface area contributed by atoms with Gasteiger partial charge in [0.25, 0.3) is 0 Å². The van der Waals surface area contributed by atoms with Gasteiger partial charge in [0, 0.05) is 35.4 Å². The Hall–Kier alpha value is -1.77. The van der Waals surface area contributed by atoms with Crippen LogP contribution in [-0.2, 0) is 11.3 Å². The second-order valence-electron chi connectivity index (χ2n) is 6.30. The Bertz CT molecular complexity index is 854. The predicted molar refractivity (Wildman–Crippen MR) is 117 cm³/mol. The fourth-order valence-corrected chi connectivity index (χ4v) is 4.57. The lowest BCUT2D eigenvalue weighted by Crippen LogP contribution is -2.37. The first-order valence-electron chi connectivity index (χ1n) is 9.04. The van der Waals surface area contributed by atoms with Crippen molar-refractivity contribution in [3.05, 3.63) is 50.4 Å². The summed E-state index contributed by atoms with van der Waals surface area (Å²) in [6.07, 6.45) is 0. The topological polar surface area (TPSA) is 71.0 Å². The molecular weight excluding hydrogens is 492 g/mol. The van der Waals surface area contributed by atoms with E-state index in [0.717, 1.165) is 31.6 Å². The summed E-state index contributed by atoms with van der Waals surface area (Å²) in [7, 11) is 0. The van der Waals surface area contributed by atoms with Crippen molar-refractivity contribution in [3.63, 3.8) is 0 Å². The number of morpholine rings is 1. The van der Waals surface area contributed by atoms with Gasteiger partial charge in [-0.1, -0.05) is 15.9 Å². The van der Waals surface area contributed by atoms with E-state index in [2.05, 4.69) is 42.1 Å². The van der Waals surface area contributed by atoms with E-state index in [1.54, 1.807) is 6.07 Å². The molecule has 8 heteroatoms. The highest BCUT2D eigenvalue weighted by Crippen LogP contribution is 2.34. The average Bonchev–Trinajstić information content (AvgIpc) is 2.69. The zero-order valence-corrected chi connectivity index (χ0v) is 18.7. The molecule has 1 aliphatic heterocycles. The first-order valence-corrected chi connectivity index (χ1v) is 10.6. The first-order chi connectivity index (χ1) is 13.5. The van der Waals surface area contributed by atoms with E-state index in [-0.39, 0.29) is 5.56 Å². The van der Waals surface area contributed by atoms with Crippen LogP contribution in [0.3, 0.4) is 0 Å². The predicted octanol–water partition coefficient (Wildman–Crippen LogP) is 4.76. The largest absolute Gasteiger partial charge is 0.492 e. The molecule has 2 aromatic carbocycles. The molecule has 1 aliphatic rings. The lowest BCUT2D eigenvalue weighted by Gasteiger charge is -2.30. The molecule has 0 aromatic heterocycles. The van der Waals surface area contributed by atoms with Crippen molar-refractivity contribution in [2.75, 3.05) is 43.1 Å². The van der Waals surface area contributed by atoms with Gasteiger partial charge in [0.15, 0.2) is 0 Å². The molecule has 0 saturated carbocycles. The molecule has 0 amide bonds. The van der Waals surface area contributed by atoms with Crippen LogP contribution in [0.4, 0.5) is 11.4 Å². The molecule has 0 atom stereocenters. The number of hydrogen-bond acceptors (Lipinski definition) is 5. The Kier molecular flexibility index (Phi) is 7.20. The second kappa shape index (κ2) is 9.62. The van der Waals surface area contributed by atoms with Crippen molar-refractivity contribution in [1.29, 1.82) is 0 Å². The highest BCUT2D eigenvalue weighted by Gasteiger charge is 2.19. The number of hydrogen-bond donors (Lipinski definition) is 2. The standard InChI is InChI=1S/C20H22Br2N2O4/c1-2-28-19-13(9-14(21)10-17(19)22)12-23-15-3-4-18(16(11-15)20(25)26)24-5-7-27-8-6-24/h3-4,9-11,23H,2,5-8,12H2,1H3,(H,25,26). The number of rotatable bonds is 7. The lowest BCUT2D eigenvalue weighted by atomic mass is 10.1. The third-order valence-electron chi connectivity index (χ3n) is 4.44. The van der Waals surface area contributed by atoms with Gasteiger partial charge in [-0.3, -0.25) is 0 Å². The van der Waals surface area contributed by atoms with Crippen LogP contribution in [0.5, 0.6) is 5.75 Å². The van der Waals surface area contributed by atoms with Gasteiger partial charge < -0.3 is 24.8 Å². The van der Waals surface area contributed by atoms with Gasteiger partial charge in [0.2, 0.25) is 0 Å². The molecule has 1 saturated heterocycles. The first kappa shape index (κ1) is 21.0. The van der Waals surface area contributed by atoms with Crippen LogP contribution < -0.4 is 15.0 Å². The second-order valence-corrected chi connectivity index (χ2v) is 8.07. The van der Waals surface area contributed by atoms with E-state index in [0.29, 0.717) is 39.5 Å². The summed E-state index contributed by atoms with van der Waals surface area (Å²) in [6, 6.07) is 9.37. The molecule has 28 heavy (non-hydrogen) atoms. The Balaban J connectivity index is 1.82. The van der Waals surface area contributed by atoms with E-state index in [4.69, 9.17) is 9.47 Å². The molecular formula is C20H22Br2N2O4. The van der Waals surface area contributed by atoms with Gasteiger partial charge >= 0.3 is 5.97 Å². The number of nitrogens with one attached hydrogen (secondary N) is 1. The SMILES string of the molecule is CCOc1c(Br)cc(Br)cc1CNc1ccc(N2CCOCC2)c(C(=O)O)c1. The molecule has 3 rings (SSSR count). The normalized spacial score (nSPS) is 14.0. The van der Waals surface area contributed by atoms with Crippen LogP contribution in [0.15, 0.2) is 39.3 Å². The zero-order chi connectivity index (χ0) is 20.1. The van der Waals surface area contributed by atoms with Crippen LogP contribution in [0, 0.1) is 0 Å². The van der Waals surface area contributed by atoms with Crippen LogP contribution in [-0.4, -0.2) is 44.0 Å². The van der Waals surface area contributed by atoms with Gasteiger partial charge in [-0.2, -0.15) is 0 Å². The van der Waals surface area contributed by atoms with Gasteiger partial charge in [0.1, 0.15) is 5.75 Å². The maximum absolute atomic E-state index is 11.8. The summed E-state index contributed by atoms with van der Waals surface area (Å²) in [5.41, 5.74) is 2.72. The van der Waals surface area contributed by atoms with E-state index in [1.807, 2.05) is 31.2 Å². The molecule has 1 fully saturated rings. The van der Waals surface area contributed by atoms with E-state index in [1.165, 1.54) is 0 Å². The maximum Gasteiger partial charge on any atom is 0.337 e. The number of benzene rings is 2. The van der Waals surface area contributed by atoms with Crippen molar-refractivity contribution >= 4 is 49.2 Å². The van der Waals surface area contributed by atoms with Crippen LogP contribution in [0.25, 0.3) is 0 Å².